The number of furan rings is 1. The molecule has 166 valence electrons. The Balaban J connectivity index is 1.37. The minimum atomic E-state index is -0.342. The molecule has 4 rings (SSSR count). The zero-order valence-electron chi connectivity index (χ0n) is 17.7. The molecule has 2 N–H and O–H groups in total. The number of halogens is 1. The van der Waals surface area contributed by atoms with Crippen molar-refractivity contribution in [3.8, 4) is 0 Å². The first-order valence-corrected chi connectivity index (χ1v) is 10.7. The lowest BCUT2D eigenvalue weighted by Crippen LogP contribution is -2.36. The summed E-state index contributed by atoms with van der Waals surface area (Å²) < 4.78 is 19.2. The van der Waals surface area contributed by atoms with Gasteiger partial charge < -0.3 is 15.1 Å². The summed E-state index contributed by atoms with van der Waals surface area (Å²) in [6.45, 7) is 1.20. The molecule has 6 nitrogen and oxygen atoms in total. The third-order valence-electron chi connectivity index (χ3n) is 5.30. The number of hydrogen-bond donors (Lipinski definition) is 2. The topological polar surface area (TPSA) is 74.6 Å². The van der Waals surface area contributed by atoms with Gasteiger partial charge in [-0.25, -0.2) is 4.39 Å². The molecule has 2 aromatic carbocycles. The molecule has 0 bridgehead atoms. The number of nitrogens with one attached hydrogen (secondary N) is 2. The first-order chi connectivity index (χ1) is 15.6. The molecule has 3 aromatic rings. The van der Waals surface area contributed by atoms with Gasteiger partial charge >= 0.3 is 0 Å². The molecule has 7 heteroatoms. The molecule has 0 aliphatic heterocycles. The molecular formula is C25H26FN3O3. The first-order valence-electron chi connectivity index (χ1n) is 10.7. The Hall–Kier alpha value is -3.45. The highest BCUT2D eigenvalue weighted by atomic mass is 19.1. The minimum Gasteiger partial charge on any atom is -0.468 e. The fourth-order valence-corrected chi connectivity index (χ4v) is 3.40. The van der Waals surface area contributed by atoms with E-state index in [1.807, 2.05) is 23.1 Å². The van der Waals surface area contributed by atoms with Crippen molar-refractivity contribution < 1.29 is 18.4 Å². The normalized spacial score (nSPS) is 13.2. The molecule has 0 atom stereocenters. The summed E-state index contributed by atoms with van der Waals surface area (Å²) >= 11 is 0. The summed E-state index contributed by atoms with van der Waals surface area (Å²) in [5, 5.41) is 5.76. The Morgan fingerprint density at radius 3 is 2.47 bits per heavy atom. The van der Waals surface area contributed by atoms with E-state index in [9.17, 15) is 14.0 Å². The van der Waals surface area contributed by atoms with Crippen molar-refractivity contribution in [3.63, 3.8) is 0 Å². The number of rotatable bonds is 10. The maximum absolute atomic E-state index is 13.8. The second-order valence-electron chi connectivity index (χ2n) is 8.04. The number of amides is 2. The number of nitrogens with zero attached hydrogens (tertiary/aromatic N) is 1. The summed E-state index contributed by atoms with van der Waals surface area (Å²) in [5.41, 5.74) is 2.04. The van der Waals surface area contributed by atoms with Crippen LogP contribution < -0.4 is 10.6 Å². The highest BCUT2D eigenvalue weighted by Crippen LogP contribution is 2.19. The lowest BCUT2D eigenvalue weighted by Gasteiger charge is -2.21. The van der Waals surface area contributed by atoms with Crippen LogP contribution in [0.4, 0.5) is 4.39 Å². The van der Waals surface area contributed by atoms with Crippen LogP contribution in [0.2, 0.25) is 0 Å². The highest BCUT2D eigenvalue weighted by Gasteiger charge is 2.23. The molecule has 2 amide bonds. The fourth-order valence-electron chi connectivity index (χ4n) is 3.40. The van der Waals surface area contributed by atoms with Crippen molar-refractivity contribution in [1.82, 2.24) is 15.5 Å². The van der Waals surface area contributed by atoms with Crippen molar-refractivity contribution >= 4 is 11.8 Å². The van der Waals surface area contributed by atoms with Gasteiger partial charge in [-0.3, -0.25) is 14.5 Å². The minimum absolute atomic E-state index is 0.0565. The Morgan fingerprint density at radius 2 is 1.78 bits per heavy atom. The molecule has 0 radical (unpaired) electrons. The van der Waals surface area contributed by atoms with Crippen LogP contribution in [-0.4, -0.2) is 29.3 Å². The molecule has 1 saturated carbocycles. The molecule has 1 fully saturated rings. The largest absolute Gasteiger partial charge is 0.468 e. The number of benzene rings is 2. The van der Waals surface area contributed by atoms with Crippen LogP contribution in [0, 0.1) is 5.82 Å². The lowest BCUT2D eigenvalue weighted by molar-refractivity contribution is -0.122. The monoisotopic (exact) mass is 435 g/mol. The third-order valence-corrected chi connectivity index (χ3v) is 5.30. The van der Waals surface area contributed by atoms with E-state index in [0.717, 1.165) is 24.2 Å². The Bertz CT molecular complexity index is 1050. The molecule has 0 spiro atoms. The van der Waals surface area contributed by atoms with E-state index in [4.69, 9.17) is 4.42 Å². The van der Waals surface area contributed by atoms with E-state index in [0.29, 0.717) is 30.3 Å². The molecule has 1 aliphatic carbocycles. The van der Waals surface area contributed by atoms with Crippen LogP contribution in [0.25, 0.3) is 0 Å². The second kappa shape index (κ2) is 10.2. The highest BCUT2D eigenvalue weighted by molar-refractivity contribution is 5.94. The van der Waals surface area contributed by atoms with Crippen molar-refractivity contribution in [1.29, 1.82) is 0 Å². The molecule has 32 heavy (non-hydrogen) atoms. The van der Waals surface area contributed by atoms with Gasteiger partial charge in [0.15, 0.2) is 0 Å². The van der Waals surface area contributed by atoms with Crippen molar-refractivity contribution in [2.45, 2.75) is 38.5 Å². The van der Waals surface area contributed by atoms with Gasteiger partial charge in [0.1, 0.15) is 11.6 Å². The smallest absolute Gasteiger partial charge is 0.251 e. The van der Waals surface area contributed by atoms with E-state index in [1.54, 1.807) is 42.7 Å². The van der Waals surface area contributed by atoms with Crippen LogP contribution in [0.5, 0.6) is 0 Å². The van der Waals surface area contributed by atoms with E-state index in [1.165, 1.54) is 6.07 Å². The predicted octanol–water partition coefficient (Wildman–Crippen LogP) is 3.63. The zero-order valence-corrected chi connectivity index (χ0v) is 17.7. The predicted molar refractivity (Wildman–Crippen MR) is 118 cm³/mol. The van der Waals surface area contributed by atoms with Gasteiger partial charge in [0, 0.05) is 30.3 Å². The van der Waals surface area contributed by atoms with Crippen LogP contribution in [-0.2, 0) is 24.4 Å². The average Bonchev–Trinajstić information content (AvgIpc) is 3.45. The average molecular weight is 435 g/mol. The van der Waals surface area contributed by atoms with Crippen molar-refractivity contribution in [2.75, 3.05) is 6.54 Å². The van der Waals surface area contributed by atoms with Crippen LogP contribution in [0.3, 0.4) is 0 Å². The SMILES string of the molecule is O=C(CN(Cc1ccc(C(=O)NC2CC2)cc1)Cc1ccco1)NCc1ccccc1F. The maximum Gasteiger partial charge on any atom is 0.251 e. The van der Waals surface area contributed by atoms with Gasteiger partial charge in [0.2, 0.25) is 5.91 Å². The van der Waals surface area contributed by atoms with Crippen LogP contribution >= 0.6 is 0 Å². The molecule has 0 saturated heterocycles. The molecule has 1 heterocycles. The number of carbonyl (C=O) groups excluding carboxylic acids is 2. The van der Waals surface area contributed by atoms with E-state index < -0.39 is 0 Å². The Kier molecular flexibility index (Phi) is 6.97. The maximum atomic E-state index is 13.8. The van der Waals surface area contributed by atoms with Crippen LogP contribution in [0.1, 0.15) is 40.1 Å². The Morgan fingerprint density at radius 1 is 1.00 bits per heavy atom. The summed E-state index contributed by atoms with van der Waals surface area (Å²) in [6.07, 6.45) is 3.69. The van der Waals surface area contributed by atoms with Gasteiger partial charge in [0.25, 0.3) is 5.91 Å². The van der Waals surface area contributed by atoms with Gasteiger partial charge in [-0.15, -0.1) is 0 Å². The summed E-state index contributed by atoms with van der Waals surface area (Å²) in [4.78, 5) is 26.7. The van der Waals surface area contributed by atoms with E-state index in [-0.39, 0.29) is 30.7 Å². The zero-order chi connectivity index (χ0) is 22.3. The third kappa shape index (κ3) is 6.28. The van der Waals surface area contributed by atoms with Crippen molar-refractivity contribution in [2.24, 2.45) is 0 Å². The summed E-state index contributed by atoms with van der Waals surface area (Å²) in [6, 6.07) is 17.8. The van der Waals surface area contributed by atoms with Gasteiger partial charge in [-0.1, -0.05) is 30.3 Å². The quantitative estimate of drug-likeness (QED) is 0.510. The first kappa shape index (κ1) is 21.8. The fraction of sp³-hybridized carbons (Fsp3) is 0.280. The lowest BCUT2D eigenvalue weighted by atomic mass is 10.1. The summed E-state index contributed by atoms with van der Waals surface area (Å²) in [5.74, 6) is 0.137. The van der Waals surface area contributed by atoms with E-state index in [2.05, 4.69) is 10.6 Å². The Labute approximate surface area is 186 Å². The van der Waals surface area contributed by atoms with Gasteiger partial charge in [-0.2, -0.15) is 0 Å². The second-order valence-corrected chi connectivity index (χ2v) is 8.04. The number of carbonyl (C=O) groups is 2. The van der Waals surface area contributed by atoms with Crippen LogP contribution in [0.15, 0.2) is 71.3 Å². The number of hydrogen-bond acceptors (Lipinski definition) is 4. The molecule has 1 aliphatic rings. The standard InChI is InChI=1S/C25H26FN3O3/c26-23-6-2-1-4-20(23)14-27-24(30)17-29(16-22-5-3-13-32-22)15-18-7-9-19(10-8-18)25(31)28-21-11-12-21/h1-10,13,21H,11-12,14-17H2,(H,27,30)(H,28,31). The van der Waals surface area contributed by atoms with Gasteiger partial charge in [0.05, 0.1) is 19.4 Å². The van der Waals surface area contributed by atoms with Crippen molar-refractivity contribution in [3.05, 3.63) is 95.2 Å². The van der Waals surface area contributed by atoms with Gasteiger partial charge in [-0.05, 0) is 48.7 Å². The molecule has 1 aromatic heterocycles. The molecule has 0 unspecified atom stereocenters. The molecular weight excluding hydrogens is 409 g/mol. The summed E-state index contributed by atoms with van der Waals surface area (Å²) in [7, 11) is 0. The van der Waals surface area contributed by atoms with E-state index >= 15 is 0 Å².